The van der Waals surface area contributed by atoms with Crippen molar-refractivity contribution in [3.8, 4) is 0 Å². The Morgan fingerprint density at radius 1 is 1.23 bits per heavy atom. The zero-order chi connectivity index (χ0) is 22.5. The summed E-state index contributed by atoms with van der Waals surface area (Å²) in [5.41, 5.74) is 7.08. The van der Waals surface area contributed by atoms with Gasteiger partial charge in [0.2, 0.25) is 5.95 Å². The number of benzene rings is 1. The van der Waals surface area contributed by atoms with Crippen molar-refractivity contribution in [1.82, 2.24) is 15.3 Å². The van der Waals surface area contributed by atoms with Crippen molar-refractivity contribution >= 4 is 29.6 Å². The third kappa shape index (κ3) is 5.59. The normalized spacial score (nSPS) is 15.9. The maximum absolute atomic E-state index is 12.3. The standard InChI is InChI=1S/C20H23N5O6/c21-20-24-16-13(18(29)25-20)8-11(9-22-16)7-10-1-3-12(4-2-10)17(28)23-14(19(30)31)5-6-15(26)27/h1-4,11,14H,5-9H2,(H,23,28)(H,26,27)(H,30,31)(H4,21,22,24,25,29)/t11?,14-/m0/s1. The first kappa shape index (κ1) is 21.8. The third-order valence-electron chi connectivity index (χ3n) is 5.08. The van der Waals surface area contributed by atoms with Crippen LogP contribution in [0.3, 0.4) is 0 Å². The molecule has 2 atom stereocenters. The summed E-state index contributed by atoms with van der Waals surface area (Å²) in [6.45, 7) is 0.620. The molecule has 0 bridgehead atoms. The van der Waals surface area contributed by atoms with Gasteiger partial charge in [0.1, 0.15) is 11.9 Å². The highest BCUT2D eigenvalue weighted by molar-refractivity contribution is 5.96. The minimum absolute atomic E-state index is 0.0664. The Balaban J connectivity index is 1.61. The Morgan fingerprint density at radius 2 is 1.94 bits per heavy atom. The van der Waals surface area contributed by atoms with E-state index in [1.165, 1.54) is 0 Å². The molecule has 1 aliphatic rings. The van der Waals surface area contributed by atoms with Crippen LogP contribution >= 0.6 is 0 Å². The molecule has 0 spiro atoms. The number of carbonyl (C=O) groups is 3. The molecule has 1 amide bonds. The van der Waals surface area contributed by atoms with E-state index in [0.29, 0.717) is 30.8 Å². The predicted octanol–water partition coefficient (Wildman–Crippen LogP) is 0.227. The van der Waals surface area contributed by atoms with E-state index < -0.39 is 23.9 Å². The number of H-pyrrole nitrogens is 1. The summed E-state index contributed by atoms with van der Waals surface area (Å²) in [7, 11) is 0. The lowest BCUT2D eigenvalue weighted by Crippen LogP contribution is -2.41. The van der Waals surface area contributed by atoms with Gasteiger partial charge < -0.3 is 26.6 Å². The van der Waals surface area contributed by atoms with E-state index in [-0.39, 0.29) is 35.8 Å². The van der Waals surface area contributed by atoms with Crippen molar-refractivity contribution in [2.24, 2.45) is 5.92 Å². The van der Waals surface area contributed by atoms with Crippen molar-refractivity contribution in [2.45, 2.75) is 31.7 Å². The predicted molar refractivity (Wildman–Crippen MR) is 111 cm³/mol. The van der Waals surface area contributed by atoms with Crippen LogP contribution in [0, 0.1) is 5.92 Å². The second kappa shape index (κ2) is 9.28. The van der Waals surface area contributed by atoms with Crippen LogP contribution in [-0.4, -0.2) is 50.6 Å². The number of rotatable bonds is 8. The Labute approximate surface area is 176 Å². The van der Waals surface area contributed by atoms with Gasteiger partial charge in [0, 0.05) is 18.5 Å². The van der Waals surface area contributed by atoms with Crippen LogP contribution in [0.2, 0.25) is 0 Å². The zero-order valence-electron chi connectivity index (χ0n) is 16.6. The lowest BCUT2D eigenvalue weighted by Gasteiger charge is -2.24. The number of aromatic nitrogens is 2. The first-order valence-corrected chi connectivity index (χ1v) is 9.70. The third-order valence-corrected chi connectivity index (χ3v) is 5.08. The number of nitrogens with two attached hydrogens (primary N) is 1. The number of carbonyl (C=O) groups excluding carboxylic acids is 1. The molecule has 164 valence electrons. The van der Waals surface area contributed by atoms with Crippen molar-refractivity contribution in [2.75, 3.05) is 17.6 Å². The number of carboxylic acids is 2. The van der Waals surface area contributed by atoms with Gasteiger partial charge in [-0.2, -0.15) is 4.98 Å². The fourth-order valence-corrected chi connectivity index (χ4v) is 3.49. The molecule has 0 fully saturated rings. The van der Waals surface area contributed by atoms with Gasteiger partial charge in [0.25, 0.3) is 11.5 Å². The Hall–Kier alpha value is -3.89. The summed E-state index contributed by atoms with van der Waals surface area (Å²) >= 11 is 0. The van der Waals surface area contributed by atoms with E-state index in [0.717, 1.165) is 5.56 Å². The maximum atomic E-state index is 12.3. The van der Waals surface area contributed by atoms with Gasteiger partial charge in [-0.3, -0.25) is 19.4 Å². The number of nitrogens with zero attached hydrogens (tertiary/aromatic N) is 1. The molecule has 0 radical (unpaired) electrons. The Bertz CT molecular complexity index is 1050. The highest BCUT2D eigenvalue weighted by Crippen LogP contribution is 2.23. The first-order valence-electron chi connectivity index (χ1n) is 9.70. The summed E-state index contributed by atoms with van der Waals surface area (Å²) in [4.78, 5) is 52.9. The van der Waals surface area contributed by atoms with Gasteiger partial charge in [-0.1, -0.05) is 12.1 Å². The van der Waals surface area contributed by atoms with E-state index in [1.54, 1.807) is 24.3 Å². The molecule has 11 nitrogen and oxygen atoms in total. The molecule has 31 heavy (non-hydrogen) atoms. The number of aromatic amines is 1. The van der Waals surface area contributed by atoms with Gasteiger partial charge in [-0.25, -0.2) is 4.79 Å². The quantitative estimate of drug-likeness (QED) is 0.341. The van der Waals surface area contributed by atoms with Crippen LogP contribution in [0.15, 0.2) is 29.1 Å². The van der Waals surface area contributed by atoms with Crippen LogP contribution < -0.4 is 21.9 Å². The minimum Gasteiger partial charge on any atom is -0.481 e. The smallest absolute Gasteiger partial charge is 0.326 e. The number of hydrogen-bond acceptors (Lipinski definition) is 7. The SMILES string of the molecule is Nc1nc2c(c(=O)[nH]1)CC(Cc1ccc(C(=O)N[C@@H](CCC(=O)O)C(=O)O)cc1)CN2. The van der Waals surface area contributed by atoms with Crippen LogP contribution in [0.4, 0.5) is 11.8 Å². The number of aliphatic carboxylic acids is 2. The molecular formula is C20H23N5O6. The van der Waals surface area contributed by atoms with E-state index in [2.05, 4.69) is 20.6 Å². The Morgan fingerprint density at radius 3 is 2.58 bits per heavy atom. The summed E-state index contributed by atoms with van der Waals surface area (Å²) in [6, 6.07) is 5.42. The molecule has 11 heteroatoms. The summed E-state index contributed by atoms with van der Waals surface area (Å²) < 4.78 is 0. The number of nitrogens with one attached hydrogen (secondary N) is 3. The zero-order valence-corrected chi connectivity index (χ0v) is 16.6. The molecule has 1 aromatic heterocycles. The number of anilines is 2. The number of hydrogen-bond donors (Lipinski definition) is 6. The second-order valence-electron chi connectivity index (χ2n) is 7.43. The number of carboxylic acid groups (broad SMARTS) is 2. The summed E-state index contributed by atoms with van der Waals surface area (Å²) in [5, 5.41) is 23.3. The van der Waals surface area contributed by atoms with Gasteiger partial charge in [-0.15, -0.1) is 0 Å². The molecule has 1 unspecified atom stereocenters. The van der Waals surface area contributed by atoms with Crippen molar-refractivity contribution in [3.05, 3.63) is 51.3 Å². The number of nitrogen functional groups attached to an aromatic ring is 1. The molecule has 0 saturated carbocycles. The number of fused-ring (bicyclic) bond motifs is 1. The maximum Gasteiger partial charge on any atom is 0.326 e. The lowest BCUT2D eigenvalue weighted by molar-refractivity contribution is -0.140. The lowest BCUT2D eigenvalue weighted by atomic mass is 9.90. The average Bonchev–Trinajstić information content (AvgIpc) is 2.71. The molecule has 2 heterocycles. The fraction of sp³-hybridized carbons (Fsp3) is 0.350. The summed E-state index contributed by atoms with van der Waals surface area (Å²) in [5.74, 6) is -2.30. The molecule has 3 rings (SSSR count). The molecule has 7 N–H and O–H groups in total. The van der Waals surface area contributed by atoms with E-state index >= 15 is 0 Å². The molecule has 0 aliphatic carbocycles. The van der Waals surface area contributed by atoms with E-state index in [9.17, 15) is 19.2 Å². The molecule has 1 aromatic carbocycles. The molecule has 1 aliphatic heterocycles. The fourth-order valence-electron chi connectivity index (χ4n) is 3.49. The van der Waals surface area contributed by atoms with Gasteiger partial charge in [-0.05, 0) is 42.9 Å². The van der Waals surface area contributed by atoms with Gasteiger partial charge in [0.15, 0.2) is 0 Å². The van der Waals surface area contributed by atoms with Crippen LogP contribution in [-0.2, 0) is 22.4 Å². The van der Waals surface area contributed by atoms with Crippen LogP contribution in [0.5, 0.6) is 0 Å². The monoisotopic (exact) mass is 429 g/mol. The van der Waals surface area contributed by atoms with Crippen molar-refractivity contribution < 1.29 is 24.6 Å². The molecule has 0 saturated heterocycles. The van der Waals surface area contributed by atoms with Crippen LogP contribution in [0.25, 0.3) is 0 Å². The van der Waals surface area contributed by atoms with Crippen molar-refractivity contribution in [1.29, 1.82) is 0 Å². The summed E-state index contributed by atoms with van der Waals surface area (Å²) in [6.07, 6.45) is 0.634. The van der Waals surface area contributed by atoms with Gasteiger partial charge >= 0.3 is 11.9 Å². The molecular weight excluding hydrogens is 406 g/mol. The van der Waals surface area contributed by atoms with Gasteiger partial charge in [0.05, 0.1) is 5.56 Å². The minimum atomic E-state index is -1.29. The number of amides is 1. The first-order chi connectivity index (χ1) is 14.7. The van der Waals surface area contributed by atoms with E-state index in [4.69, 9.17) is 15.9 Å². The van der Waals surface area contributed by atoms with E-state index in [1.807, 2.05) is 0 Å². The highest BCUT2D eigenvalue weighted by Gasteiger charge is 2.24. The van der Waals surface area contributed by atoms with Crippen LogP contribution in [0.1, 0.15) is 34.3 Å². The van der Waals surface area contributed by atoms with Crippen molar-refractivity contribution in [3.63, 3.8) is 0 Å². The second-order valence-corrected chi connectivity index (χ2v) is 7.43. The molecule has 2 aromatic rings. The largest absolute Gasteiger partial charge is 0.481 e. The average molecular weight is 429 g/mol. The Kier molecular flexibility index (Phi) is 6.53. The topological polar surface area (TPSA) is 187 Å². The highest BCUT2D eigenvalue weighted by atomic mass is 16.4.